The number of anilines is 2. The van der Waals surface area contributed by atoms with Gasteiger partial charge in [0.25, 0.3) is 0 Å². The molecule has 1 aromatic rings. The van der Waals surface area contributed by atoms with E-state index in [0.29, 0.717) is 0 Å². The van der Waals surface area contributed by atoms with Crippen LogP contribution in [-0.2, 0) is 0 Å². The summed E-state index contributed by atoms with van der Waals surface area (Å²) in [6, 6.07) is 2.63. The SMILES string of the molecule is CC(=O)c1c(C(=O)O)ccc(N)c1N. The molecule has 0 aliphatic rings. The maximum atomic E-state index is 11.1. The average Bonchev–Trinajstić information content (AvgIpc) is 2.08. The summed E-state index contributed by atoms with van der Waals surface area (Å²) >= 11 is 0. The molecule has 0 amide bonds. The largest absolute Gasteiger partial charge is 0.478 e. The van der Waals surface area contributed by atoms with E-state index in [9.17, 15) is 9.59 Å². The number of aromatic carboxylic acids is 1. The topological polar surface area (TPSA) is 106 Å². The van der Waals surface area contributed by atoms with Crippen LogP contribution >= 0.6 is 0 Å². The molecule has 0 radical (unpaired) electrons. The number of hydrogen-bond acceptors (Lipinski definition) is 4. The minimum Gasteiger partial charge on any atom is -0.478 e. The molecule has 0 heterocycles. The monoisotopic (exact) mass is 194 g/mol. The number of carboxylic acids is 1. The number of carboxylic acid groups (broad SMARTS) is 1. The van der Waals surface area contributed by atoms with Crippen LogP contribution in [0.1, 0.15) is 27.6 Å². The molecule has 0 aromatic heterocycles. The van der Waals surface area contributed by atoms with Crippen molar-refractivity contribution in [1.29, 1.82) is 0 Å². The Morgan fingerprint density at radius 1 is 1.29 bits per heavy atom. The Hall–Kier alpha value is -2.04. The Bertz CT molecular complexity index is 413. The van der Waals surface area contributed by atoms with Gasteiger partial charge in [0.15, 0.2) is 5.78 Å². The number of rotatable bonds is 2. The molecular weight excluding hydrogens is 184 g/mol. The fraction of sp³-hybridized carbons (Fsp3) is 0.111. The molecule has 1 aromatic carbocycles. The lowest BCUT2D eigenvalue weighted by Gasteiger charge is -2.08. The van der Waals surface area contributed by atoms with Gasteiger partial charge in [0.1, 0.15) is 0 Å². The molecule has 5 N–H and O–H groups in total. The third-order valence-corrected chi connectivity index (χ3v) is 1.86. The molecule has 0 spiro atoms. The van der Waals surface area contributed by atoms with Crippen LogP contribution in [-0.4, -0.2) is 16.9 Å². The fourth-order valence-corrected chi connectivity index (χ4v) is 1.19. The predicted molar refractivity (Wildman–Crippen MR) is 52.2 cm³/mol. The van der Waals surface area contributed by atoms with Gasteiger partial charge in [-0.15, -0.1) is 0 Å². The summed E-state index contributed by atoms with van der Waals surface area (Å²) in [6.45, 7) is 1.25. The van der Waals surface area contributed by atoms with E-state index in [0.717, 1.165) is 0 Å². The summed E-state index contributed by atoms with van der Waals surface area (Å²) in [5.41, 5.74) is 11.1. The maximum Gasteiger partial charge on any atom is 0.336 e. The zero-order valence-corrected chi connectivity index (χ0v) is 7.57. The lowest BCUT2D eigenvalue weighted by atomic mass is 10.0. The lowest BCUT2D eigenvalue weighted by molar-refractivity contribution is 0.0692. The normalized spacial score (nSPS) is 9.79. The summed E-state index contributed by atoms with van der Waals surface area (Å²) in [5, 5.41) is 8.78. The molecule has 0 aliphatic carbocycles. The molecule has 0 aliphatic heterocycles. The average molecular weight is 194 g/mol. The zero-order chi connectivity index (χ0) is 10.9. The molecule has 5 nitrogen and oxygen atoms in total. The van der Waals surface area contributed by atoms with Gasteiger partial charge in [-0.2, -0.15) is 0 Å². The Balaban J connectivity index is 3.53. The molecule has 0 saturated carbocycles. The van der Waals surface area contributed by atoms with Crippen LogP contribution in [0.4, 0.5) is 11.4 Å². The molecular formula is C9H10N2O3. The highest BCUT2D eigenvalue weighted by atomic mass is 16.4. The number of carbonyl (C=O) groups is 2. The number of ketones is 1. The molecule has 0 saturated heterocycles. The van der Waals surface area contributed by atoms with Gasteiger partial charge in [-0.1, -0.05) is 0 Å². The smallest absolute Gasteiger partial charge is 0.336 e. The van der Waals surface area contributed by atoms with Crippen LogP contribution in [0.2, 0.25) is 0 Å². The van der Waals surface area contributed by atoms with Crippen molar-refractivity contribution < 1.29 is 14.7 Å². The van der Waals surface area contributed by atoms with E-state index in [1.165, 1.54) is 19.1 Å². The second-order valence-electron chi connectivity index (χ2n) is 2.85. The van der Waals surface area contributed by atoms with Crippen LogP contribution in [0.15, 0.2) is 12.1 Å². The van der Waals surface area contributed by atoms with Gasteiger partial charge < -0.3 is 16.6 Å². The number of benzene rings is 1. The van der Waals surface area contributed by atoms with Crippen molar-refractivity contribution >= 4 is 23.1 Å². The summed E-state index contributed by atoms with van der Waals surface area (Å²) < 4.78 is 0. The third-order valence-electron chi connectivity index (χ3n) is 1.86. The molecule has 5 heteroatoms. The summed E-state index contributed by atoms with van der Waals surface area (Å²) in [6.07, 6.45) is 0. The van der Waals surface area contributed by atoms with E-state index in [-0.39, 0.29) is 22.5 Å². The van der Waals surface area contributed by atoms with Crippen LogP contribution in [0, 0.1) is 0 Å². The van der Waals surface area contributed by atoms with E-state index < -0.39 is 11.8 Å². The number of nitrogens with two attached hydrogens (primary N) is 2. The molecule has 0 fully saturated rings. The lowest BCUT2D eigenvalue weighted by Crippen LogP contribution is -2.11. The first-order valence-electron chi connectivity index (χ1n) is 3.87. The first-order valence-corrected chi connectivity index (χ1v) is 3.87. The fourth-order valence-electron chi connectivity index (χ4n) is 1.19. The van der Waals surface area contributed by atoms with Gasteiger partial charge in [0, 0.05) is 0 Å². The van der Waals surface area contributed by atoms with E-state index in [1.807, 2.05) is 0 Å². The second kappa shape index (κ2) is 3.37. The van der Waals surface area contributed by atoms with E-state index >= 15 is 0 Å². The van der Waals surface area contributed by atoms with Crippen molar-refractivity contribution in [2.24, 2.45) is 0 Å². The van der Waals surface area contributed by atoms with Gasteiger partial charge in [0.05, 0.1) is 22.5 Å². The van der Waals surface area contributed by atoms with Crippen LogP contribution in [0.3, 0.4) is 0 Å². The molecule has 0 unspecified atom stereocenters. The zero-order valence-electron chi connectivity index (χ0n) is 7.57. The first-order chi connectivity index (χ1) is 6.45. The van der Waals surface area contributed by atoms with Crippen molar-refractivity contribution in [3.63, 3.8) is 0 Å². The predicted octanol–water partition coefficient (Wildman–Crippen LogP) is 0.752. The van der Waals surface area contributed by atoms with E-state index in [1.54, 1.807) is 0 Å². The van der Waals surface area contributed by atoms with Gasteiger partial charge in [-0.3, -0.25) is 4.79 Å². The van der Waals surface area contributed by atoms with Crippen LogP contribution < -0.4 is 11.5 Å². The second-order valence-corrected chi connectivity index (χ2v) is 2.85. The van der Waals surface area contributed by atoms with Crippen LogP contribution in [0.25, 0.3) is 0 Å². The van der Waals surface area contributed by atoms with Gasteiger partial charge in [-0.25, -0.2) is 4.79 Å². The molecule has 1 rings (SSSR count). The van der Waals surface area contributed by atoms with Crippen molar-refractivity contribution in [1.82, 2.24) is 0 Å². The molecule has 0 bridgehead atoms. The van der Waals surface area contributed by atoms with E-state index in [4.69, 9.17) is 16.6 Å². The van der Waals surface area contributed by atoms with Gasteiger partial charge >= 0.3 is 5.97 Å². The third kappa shape index (κ3) is 1.52. The maximum absolute atomic E-state index is 11.1. The first kappa shape index (κ1) is 10.0. The summed E-state index contributed by atoms with van der Waals surface area (Å²) in [5.74, 6) is -1.60. The number of carbonyl (C=O) groups excluding carboxylic acids is 1. The highest BCUT2D eigenvalue weighted by molar-refractivity contribution is 6.10. The van der Waals surface area contributed by atoms with Crippen molar-refractivity contribution in [2.45, 2.75) is 6.92 Å². The number of hydrogen-bond donors (Lipinski definition) is 3. The van der Waals surface area contributed by atoms with E-state index in [2.05, 4.69) is 0 Å². The molecule has 0 atom stereocenters. The summed E-state index contributed by atoms with van der Waals surface area (Å²) in [4.78, 5) is 21.9. The Labute approximate surface area is 80.3 Å². The Morgan fingerprint density at radius 3 is 2.29 bits per heavy atom. The Kier molecular flexibility index (Phi) is 2.42. The Morgan fingerprint density at radius 2 is 1.86 bits per heavy atom. The van der Waals surface area contributed by atoms with Gasteiger partial charge in [0.2, 0.25) is 0 Å². The number of Topliss-reactive ketones (excluding diaryl/α,β-unsaturated/α-hetero) is 1. The highest BCUT2D eigenvalue weighted by Crippen LogP contribution is 2.24. The number of nitrogen functional groups attached to an aromatic ring is 2. The standard InChI is InChI=1S/C9H10N2O3/c1-4(12)7-5(9(13)14)2-3-6(10)8(7)11/h2-3H,10-11H2,1H3,(H,13,14). The van der Waals surface area contributed by atoms with Crippen molar-refractivity contribution in [2.75, 3.05) is 11.5 Å². The minimum absolute atomic E-state index is 0.0254. The van der Waals surface area contributed by atoms with Crippen LogP contribution in [0.5, 0.6) is 0 Å². The molecule has 74 valence electrons. The molecule has 14 heavy (non-hydrogen) atoms. The quantitative estimate of drug-likeness (QED) is 0.475. The minimum atomic E-state index is -1.19. The van der Waals surface area contributed by atoms with Crippen molar-refractivity contribution in [3.05, 3.63) is 23.3 Å². The van der Waals surface area contributed by atoms with Crippen molar-refractivity contribution in [3.8, 4) is 0 Å². The van der Waals surface area contributed by atoms with Gasteiger partial charge in [-0.05, 0) is 19.1 Å². The summed E-state index contributed by atoms with van der Waals surface area (Å²) in [7, 11) is 0. The highest BCUT2D eigenvalue weighted by Gasteiger charge is 2.17.